The van der Waals surface area contributed by atoms with Crippen LogP contribution >= 0.6 is 0 Å². The fraction of sp³-hybridized carbons (Fsp3) is 0.409. The fourth-order valence-electron chi connectivity index (χ4n) is 4.05. The maximum Gasteiger partial charge on any atom is 0.346 e. The second-order valence-corrected chi connectivity index (χ2v) is 7.85. The minimum atomic E-state index is -1.12. The predicted octanol–water partition coefficient (Wildman–Crippen LogP) is 3.09. The number of carbonyl (C=O) groups is 2. The molecule has 0 radical (unpaired) electrons. The van der Waals surface area contributed by atoms with Crippen molar-refractivity contribution in [2.24, 2.45) is 5.10 Å². The van der Waals surface area contributed by atoms with E-state index in [0.717, 1.165) is 53.5 Å². The van der Waals surface area contributed by atoms with Crippen molar-refractivity contribution >= 4 is 18.2 Å². The SMILES string of the molecule is Cc1cc(/C=N\N2C(=O)N[C@](C)(c3ccccc3)C2=O)c(C)n1C[C@@H]1CCCO1. The van der Waals surface area contributed by atoms with Gasteiger partial charge in [-0.3, -0.25) is 4.79 Å². The molecular formula is C22H26N4O3. The van der Waals surface area contributed by atoms with Crippen LogP contribution in [-0.2, 0) is 21.6 Å². The van der Waals surface area contributed by atoms with Gasteiger partial charge in [0.2, 0.25) is 0 Å². The molecule has 29 heavy (non-hydrogen) atoms. The second kappa shape index (κ2) is 7.48. The van der Waals surface area contributed by atoms with E-state index < -0.39 is 17.5 Å². The summed E-state index contributed by atoms with van der Waals surface area (Å²) >= 11 is 0. The van der Waals surface area contributed by atoms with Gasteiger partial charge < -0.3 is 14.6 Å². The summed E-state index contributed by atoms with van der Waals surface area (Å²) < 4.78 is 7.96. The molecule has 2 fully saturated rings. The lowest BCUT2D eigenvalue weighted by molar-refractivity contribution is -0.131. The summed E-state index contributed by atoms with van der Waals surface area (Å²) in [7, 11) is 0. The molecule has 2 aliphatic heterocycles. The molecule has 0 aliphatic carbocycles. The van der Waals surface area contributed by atoms with Gasteiger partial charge in [0, 0.05) is 30.1 Å². The van der Waals surface area contributed by atoms with E-state index in [4.69, 9.17) is 4.74 Å². The Balaban J connectivity index is 1.55. The van der Waals surface area contributed by atoms with Crippen molar-refractivity contribution in [1.29, 1.82) is 0 Å². The third kappa shape index (κ3) is 3.46. The number of hydrogen-bond acceptors (Lipinski definition) is 4. The molecule has 0 bridgehead atoms. The van der Waals surface area contributed by atoms with Gasteiger partial charge in [-0.25, -0.2) is 4.79 Å². The Hall–Kier alpha value is -2.93. The Morgan fingerprint density at radius 3 is 2.72 bits per heavy atom. The molecule has 2 aliphatic rings. The summed E-state index contributed by atoms with van der Waals surface area (Å²) in [6.07, 6.45) is 4.00. The Kier molecular flexibility index (Phi) is 5.00. The molecular weight excluding hydrogens is 368 g/mol. The summed E-state index contributed by atoms with van der Waals surface area (Å²) in [4.78, 5) is 25.4. The van der Waals surface area contributed by atoms with Crippen LogP contribution in [0.1, 0.15) is 42.3 Å². The van der Waals surface area contributed by atoms with Crippen LogP contribution in [0.2, 0.25) is 0 Å². The molecule has 3 amide bonds. The van der Waals surface area contributed by atoms with Crippen LogP contribution in [-0.4, -0.2) is 40.4 Å². The number of ether oxygens (including phenoxy) is 1. The number of benzene rings is 1. The number of aryl methyl sites for hydroxylation is 1. The zero-order chi connectivity index (χ0) is 20.6. The molecule has 1 aromatic carbocycles. The monoisotopic (exact) mass is 394 g/mol. The zero-order valence-corrected chi connectivity index (χ0v) is 17.0. The van der Waals surface area contributed by atoms with E-state index in [2.05, 4.69) is 15.0 Å². The quantitative estimate of drug-likeness (QED) is 0.625. The Morgan fingerprint density at radius 2 is 2.03 bits per heavy atom. The Bertz CT molecular complexity index is 960. The van der Waals surface area contributed by atoms with Crippen LogP contribution in [0.4, 0.5) is 4.79 Å². The normalized spacial score (nSPS) is 24.7. The average molecular weight is 394 g/mol. The number of rotatable bonds is 5. The van der Waals surface area contributed by atoms with Gasteiger partial charge in [-0.15, -0.1) is 5.01 Å². The van der Waals surface area contributed by atoms with Crippen LogP contribution in [0.5, 0.6) is 0 Å². The Morgan fingerprint density at radius 1 is 1.28 bits per heavy atom. The largest absolute Gasteiger partial charge is 0.376 e. The maximum atomic E-state index is 13.0. The van der Waals surface area contributed by atoms with E-state index in [9.17, 15) is 9.59 Å². The van der Waals surface area contributed by atoms with Crippen LogP contribution < -0.4 is 5.32 Å². The third-order valence-corrected chi connectivity index (χ3v) is 5.86. The fourth-order valence-corrected chi connectivity index (χ4v) is 4.05. The van der Waals surface area contributed by atoms with Crippen LogP contribution in [0, 0.1) is 13.8 Å². The predicted molar refractivity (Wildman–Crippen MR) is 110 cm³/mol. The van der Waals surface area contributed by atoms with E-state index >= 15 is 0 Å². The molecule has 2 aromatic rings. The highest BCUT2D eigenvalue weighted by molar-refractivity contribution is 6.07. The summed E-state index contributed by atoms with van der Waals surface area (Å²) in [5.41, 5.74) is 2.64. The molecule has 0 spiro atoms. The van der Waals surface area contributed by atoms with Gasteiger partial charge in [0.1, 0.15) is 5.54 Å². The lowest BCUT2D eigenvalue weighted by atomic mass is 9.92. The van der Waals surface area contributed by atoms with E-state index in [1.807, 2.05) is 50.2 Å². The first-order valence-electron chi connectivity index (χ1n) is 9.94. The van der Waals surface area contributed by atoms with E-state index in [1.165, 1.54) is 0 Å². The van der Waals surface area contributed by atoms with Crippen molar-refractivity contribution in [3.63, 3.8) is 0 Å². The van der Waals surface area contributed by atoms with Crippen LogP contribution in [0.15, 0.2) is 41.5 Å². The maximum absolute atomic E-state index is 13.0. The lowest BCUT2D eigenvalue weighted by Gasteiger charge is -2.20. The molecule has 0 unspecified atom stereocenters. The molecule has 4 rings (SSSR count). The lowest BCUT2D eigenvalue weighted by Crippen LogP contribution is -2.40. The van der Waals surface area contributed by atoms with Crippen molar-refractivity contribution in [2.45, 2.75) is 51.8 Å². The molecule has 1 N–H and O–H groups in total. The number of aromatic nitrogens is 1. The number of amides is 3. The highest BCUT2D eigenvalue weighted by Gasteiger charge is 2.49. The Labute approximate surface area is 170 Å². The van der Waals surface area contributed by atoms with Gasteiger partial charge in [-0.1, -0.05) is 30.3 Å². The smallest absolute Gasteiger partial charge is 0.346 e. The molecule has 7 nitrogen and oxygen atoms in total. The molecule has 0 saturated carbocycles. The standard InChI is InChI=1S/C22H26N4O3/c1-15-12-17(16(2)25(15)14-19-10-7-11-29-19)13-23-26-20(27)22(3,24-21(26)28)18-8-5-4-6-9-18/h4-6,8-9,12-13,19H,7,10-11,14H2,1-3H3,(H,24,28)/b23-13-/t19-,22+/m0/s1. The van der Waals surface area contributed by atoms with Gasteiger partial charge in [0.15, 0.2) is 0 Å². The zero-order valence-electron chi connectivity index (χ0n) is 17.0. The number of nitrogens with one attached hydrogen (secondary N) is 1. The molecule has 2 atom stereocenters. The summed E-state index contributed by atoms with van der Waals surface area (Å²) in [6, 6.07) is 10.7. The first kappa shape index (κ1) is 19.4. The number of urea groups is 1. The minimum absolute atomic E-state index is 0.238. The van der Waals surface area contributed by atoms with E-state index in [0.29, 0.717) is 0 Å². The van der Waals surface area contributed by atoms with Gasteiger partial charge >= 0.3 is 6.03 Å². The topological polar surface area (TPSA) is 75.9 Å². The minimum Gasteiger partial charge on any atom is -0.376 e. The van der Waals surface area contributed by atoms with Crippen molar-refractivity contribution < 1.29 is 14.3 Å². The van der Waals surface area contributed by atoms with Gasteiger partial charge in [-0.2, -0.15) is 5.10 Å². The average Bonchev–Trinajstić information content (AvgIpc) is 3.37. The van der Waals surface area contributed by atoms with Crippen LogP contribution in [0.3, 0.4) is 0 Å². The highest BCUT2D eigenvalue weighted by Crippen LogP contribution is 2.29. The highest BCUT2D eigenvalue weighted by atomic mass is 16.5. The van der Waals surface area contributed by atoms with Crippen molar-refractivity contribution in [2.75, 3.05) is 6.61 Å². The number of imide groups is 1. The van der Waals surface area contributed by atoms with E-state index in [1.54, 1.807) is 13.1 Å². The van der Waals surface area contributed by atoms with Crippen molar-refractivity contribution in [3.05, 3.63) is 58.9 Å². The summed E-state index contributed by atoms with van der Waals surface area (Å²) in [6.45, 7) is 7.39. The van der Waals surface area contributed by atoms with Gasteiger partial charge in [0.05, 0.1) is 12.3 Å². The number of hydrogen-bond donors (Lipinski definition) is 1. The van der Waals surface area contributed by atoms with Crippen molar-refractivity contribution in [3.8, 4) is 0 Å². The van der Waals surface area contributed by atoms with Gasteiger partial charge in [-0.05, 0) is 45.2 Å². The first-order chi connectivity index (χ1) is 13.9. The molecule has 7 heteroatoms. The molecule has 1 aromatic heterocycles. The second-order valence-electron chi connectivity index (χ2n) is 7.85. The summed E-state index contributed by atoms with van der Waals surface area (Å²) in [5, 5.41) is 7.91. The van der Waals surface area contributed by atoms with Gasteiger partial charge in [0.25, 0.3) is 5.91 Å². The van der Waals surface area contributed by atoms with Crippen LogP contribution in [0.25, 0.3) is 0 Å². The molecule has 152 valence electrons. The van der Waals surface area contributed by atoms with Crippen molar-refractivity contribution in [1.82, 2.24) is 14.9 Å². The number of carbonyl (C=O) groups excluding carboxylic acids is 2. The summed E-state index contributed by atoms with van der Waals surface area (Å²) in [5.74, 6) is -0.391. The first-order valence-corrected chi connectivity index (χ1v) is 9.94. The number of nitrogens with zero attached hydrogens (tertiary/aromatic N) is 3. The third-order valence-electron chi connectivity index (χ3n) is 5.86. The molecule has 2 saturated heterocycles. The molecule has 3 heterocycles. The number of hydrazone groups is 1. The van der Waals surface area contributed by atoms with E-state index in [-0.39, 0.29) is 6.10 Å².